The minimum Gasteiger partial charge on any atom is -0.483 e. The van der Waals surface area contributed by atoms with E-state index < -0.39 is 11.8 Å². The van der Waals surface area contributed by atoms with Crippen molar-refractivity contribution in [2.45, 2.75) is 19.9 Å². The van der Waals surface area contributed by atoms with Crippen LogP contribution >= 0.6 is 11.6 Å². The average Bonchev–Trinajstić information content (AvgIpc) is 2.76. The van der Waals surface area contributed by atoms with Gasteiger partial charge < -0.3 is 15.4 Å². The van der Waals surface area contributed by atoms with Crippen LogP contribution in [0.15, 0.2) is 53.6 Å². The highest BCUT2D eigenvalue weighted by molar-refractivity contribution is 6.35. The number of rotatable bonds is 9. The van der Waals surface area contributed by atoms with Crippen LogP contribution in [0.2, 0.25) is 5.02 Å². The standard InChI is InChI=1S/C21H23ClN4O4/c1-2-10-23-20(28)21(29)26-25-13-16-11-17(22)8-9-18(16)30-14-19(27)24-12-15-6-4-3-5-7-15/h3-9,11,13H,2,10,12,14H2,1H3,(H,23,28)(H,24,27)(H,26,29)/b25-13-. The number of amides is 3. The monoisotopic (exact) mass is 430 g/mol. The fourth-order valence-electron chi connectivity index (χ4n) is 2.27. The largest absolute Gasteiger partial charge is 0.483 e. The molecule has 0 fully saturated rings. The van der Waals surface area contributed by atoms with Crippen molar-refractivity contribution in [1.82, 2.24) is 16.1 Å². The van der Waals surface area contributed by atoms with Crippen molar-refractivity contribution in [3.8, 4) is 5.75 Å². The summed E-state index contributed by atoms with van der Waals surface area (Å²) in [6.45, 7) is 2.46. The number of ether oxygens (including phenoxy) is 1. The third-order valence-corrected chi connectivity index (χ3v) is 4.01. The lowest BCUT2D eigenvalue weighted by molar-refractivity contribution is -0.139. The fraction of sp³-hybridized carbons (Fsp3) is 0.238. The van der Waals surface area contributed by atoms with E-state index in [-0.39, 0.29) is 12.5 Å². The van der Waals surface area contributed by atoms with Gasteiger partial charge >= 0.3 is 11.8 Å². The Morgan fingerprint density at radius 1 is 1.07 bits per heavy atom. The lowest BCUT2D eigenvalue weighted by Crippen LogP contribution is -2.38. The zero-order valence-electron chi connectivity index (χ0n) is 16.5. The molecule has 8 nitrogen and oxygen atoms in total. The number of nitrogens with zero attached hydrogens (tertiary/aromatic N) is 1. The maximum Gasteiger partial charge on any atom is 0.329 e. The molecule has 2 rings (SSSR count). The highest BCUT2D eigenvalue weighted by Crippen LogP contribution is 2.21. The zero-order valence-corrected chi connectivity index (χ0v) is 17.2. The van der Waals surface area contributed by atoms with Crippen molar-refractivity contribution in [2.75, 3.05) is 13.2 Å². The van der Waals surface area contributed by atoms with E-state index in [9.17, 15) is 14.4 Å². The van der Waals surface area contributed by atoms with Gasteiger partial charge in [-0.2, -0.15) is 5.10 Å². The van der Waals surface area contributed by atoms with Crippen molar-refractivity contribution in [2.24, 2.45) is 5.10 Å². The number of hydrogen-bond acceptors (Lipinski definition) is 5. The second-order valence-electron chi connectivity index (χ2n) is 6.19. The van der Waals surface area contributed by atoms with Gasteiger partial charge in [-0.1, -0.05) is 48.9 Å². The maximum atomic E-state index is 12.0. The molecule has 9 heteroatoms. The number of hydrazone groups is 1. The van der Waals surface area contributed by atoms with Gasteiger partial charge in [-0.05, 0) is 30.2 Å². The van der Waals surface area contributed by atoms with E-state index in [0.29, 0.717) is 35.8 Å². The molecule has 0 bridgehead atoms. The van der Waals surface area contributed by atoms with Gasteiger partial charge in [-0.15, -0.1) is 0 Å². The third kappa shape index (κ3) is 7.92. The molecule has 3 amide bonds. The predicted molar refractivity (Wildman–Crippen MR) is 114 cm³/mol. The second kappa shape index (κ2) is 12.2. The Morgan fingerprint density at radius 2 is 1.83 bits per heavy atom. The number of nitrogens with one attached hydrogen (secondary N) is 3. The van der Waals surface area contributed by atoms with Gasteiger partial charge in [0.25, 0.3) is 5.91 Å². The molecule has 0 aliphatic rings. The summed E-state index contributed by atoms with van der Waals surface area (Å²) in [4.78, 5) is 35.2. The molecule has 0 atom stereocenters. The van der Waals surface area contributed by atoms with Crippen molar-refractivity contribution >= 4 is 35.5 Å². The lowest BCUT2D eigenvalue weighted by atomic mass is 10.2. The summed E-state index contributed by atoms with van der Waals surface area (Å²) >= 11 is 6.00. The van der Waals surface area contributed by atoms with Gasteiger partial charge in [0.1, 0.15) is 5.75 Å². The predicted octanol–water partition coefficient (Wildman–Crippen LogP) is 2.01. The highest BCUT2D eigenvalue weighted by Gasteiger charge is 2.11. The number of carbonyl (C=O) groups is 3. The highest BCUT2D eigenvalue weighted by atomic mass is 35.5. The quantitative estimate of drug-likeness (QED) is 0.321. The van der Waals surface area contributed by atoms with Crippen LogP contribution in [0.1, 0.15) is 24.5 Å². The molecule has 0 radical (unpaired) electrons. The molecule has 0 spiro atoms. The summed E-state index contributed by atoms with van der Waals surface area (Å²) in [7, 11) is 0. The Labute approximate surface area is 179 Å². The summed E-state index contributed by atoms with van der Waals surface area (Å²) in [6, 6.07) is 14.3. The molecule has 2 aromatic carbocycles. The third-order valence-electron chi connectivity index (χ3n) is 3.77. The van der Waals surface area contributed by atoms with Crippen LogP contribution < -0.4 is 20.8 Å². The number of halogens is 1. The van der Waals surface area contributed by atoms with Crippen LogP contribution in [0.5, 0.6) is 5.75 Å². The number of hydrogen-bond donors (Lipinski definition) is 3. The van der Waals surface area contributed by atoms with E-state index in [1.807, 2.05) is 37.3 Å². The Bertz CT molecular complexity index is 903. The first-order chi connectivity index (χ1) is 14.5. The molecule has 0 aliphatic carbocycles. The first-order valence-corrected chi connectivity index (χ1v) is 9.71. The molecule has 0 saturated carbocycles. The van der Waals surface area contributed by atoms with Crippen LogP contribution in [-0.2, 0) is 20.9 Å². The van der Waals surface area contributed by atoms with Gasteiger partial charge in [0, 0.05) is 23.7 Å². The van der Waals surface area contributed by atoms with Gasteiger partial charge in [0.2, 0.25) is 0 Å². The Morgan fingerprint density at radius 3 is 2.57 bits per heavy atom. The molecule has 0 aromatic heterocycles. The number of carbonyl (C=O) groups excluding carboxylic acids is 3. The zero-order chi connectivity index (χ0) is 21.8. The first-order valence-electron chi connectivity index (χ1n) is 9.33. The van der Waals surface area contributed by atoms with Crippen molar-refractivity contribution in [1.29, 1.82) is 0 Å². The fourth-order valence-corrected chi connectivity index (χ4v) is 2.45. The molecule has 0 heterocycles. The van der Waals surface area contributed by atoms with E-state index in [4.69, 9.17) is 16.3 Å². The van der Waals surface area contributed by atoms with E-state index >= 15 is 0 Å². The molecule has 3 N–H and O–H groups in total. The van der Waals surface area contributed by atoms with Crippen molar-refractivity contribution in [3.05, 3.63) is 64.7 Å². The summed E-state index contributed by atoms with van der Waals surface area (Å²) in [5, 5.41) is 9.38. The summed E-state index contributed by atoms with van der Waals surface area (Å²) in [6.07, 6.45) is 2.00. The molecule has 0 aliphatic heterocycles. The Kier molecular flexibility index (Phi) is 9.33. The minimum atomic E-state index is -0.885. The first kappa shape index (κ1) is 22.9. The lowest BCUT2D eigenvalue weighted by Gasteiger charge is -2.10. The van der Waals surface area contributed by atoms with Gasteiger partial charge in [-0.25, -0.2) is 5.43 Å². The van der Waals surface area contributed by atoms with Gasteiger partial charge in [0.05, 0.1) is 6.21 Å². The molecule has 0 unspecified atom stereocenters. The van der Waals surface area contributed by atoms with E-state index in [1.165, 1.54) is 6.21 Å². The van der Waals surface area contributed by atoms with Gasteiger partial charge in [0.15, 0.2) is 6.61 Å². The molecular weight excluding hydrogens is 408 g/mol. The van der Waals surface area contributed by atoms with Crippen LogP contribution in [0, 0.1) is 0 Å². The Hall–Kier alpha value is -3.39. The van der Waals surface area contributed by atoms with Crippen molar-refractivity contribution in [3.63, 3.8) is 0 Å². The molecule has 2 aromatic rings. The average molecular weight is 431 g/mol. The van der Waals surface area contributed by atoms with Crippen LogP contribution in [-0.4, -0.2) is 37.1 Å². The maximum absolute atomic E-state index is 12.0. The molecule has 0 saturated heterocycles. The van der Waals surface area contributed by atoms with Crippen LogP contribution in [0.25, 0.3) is 0 Å². The second-order valence-corrected chi connectivity index (χ2v) is 6.62. The summed E-state index contributed by atoms with van der Waals surface area (Å²) in [5.74, 6) is -1.60. The smallest absolute Gasteiger partial charge is 0.329 e. The van der Waals surface area contributed by atoms with Gasteiger partial charge in [-0.3, -0.25) is 14.4 Å². The summed E-state index contributed by atoms with van der Waals surface area (Å²) < 4.78 is 5.55. The van der Waals surface area contributed by atoms with E-state index in [0.717, 1.165) is 5.56 Å². The SMILES string of the molecule is CCCNC(=O)C(=O)N/N=C\c1cc(Cl)ccc1OCC(=O)NCc1ccccc1. The summed E-state index contributed by atoms with van der Waals surface area (Å²) in [5.41, 5.74) is 3.54. The molecular formula is C21H23ClN4O4. The van der Waals surface area contributed by atoms with Crippen LogP contribution in [0.4, 0.5) is 0 Å². The minimum absolute atomic E-state index is 0.207. The topological polar surface area (TPSA) is 109 Å². The molecule has 158 valence electrons. The van der Waals surface area contributed by atoms with E-state index in [1.54, 1.807) is 18.2 Å². The van der Waals surface area contributed by atoms with Crippen molar-refractivity contribution < 1.29 is 19.1 Å². The Balaban J connectivity index is 1.90. The molecule has 30 heavy (non-hydrogen) atoms. The normalized spacial score (nSPS) is 10.5. The van der Waals surface area contributed by atoms with Crippen LogP contribution in [0.3, 0.4) is 0 Å². The number of benzene rings is 2. The van der Waals surface area contributed by atoms with E-state index in [2.05, 4.69) is 21.2 Å².